The summed E-state index contributed by atoms with van der Waals surface area (Å²) in [6, 6.07) is 14.1. The number of hydrogen-bond donors (Lipinski definition) is 0. The van der Waals surface area contributed by atoms with Crippen molar-refractivity contribution in [3.63, 3.8) is 0 Å². The van der Waals surface area contributed by atoms with Gasteiger partial charge in [-0.05, 0) is 54.4 Å². The Morgan fingerprint density at radius 3 is 2.64 bits per heavy atom. The lowest BCUT2D eigenvalue weighted by Crippen LogP contribution is -2.24. The van der Waals surface area contributed by atoms with Crippen molar-refractivity contribution in [3.05, 3.63) is 57.5 Å². The Labute approximate surface area is 183 Å². The van der Waals surface area contributed by atoms with Gasteiger partial charge in [0.1, 0.15) is 11.4 Å². The van der Waals surface area contributed by atoms with Gasteiger partial charge in [0.25, 0.3) is 0 Å². The molecule has 0 spiro atoms. The van der Waals surface area contributed by atoms with Crippen molar-refractivity contribution in [2.24, 2.45) is 4.99 Å². The summed E-state index contributed by atoms with van der Waals surface area (Å²) in [5, 5.41) is 1.17. The van der Waals surface area contributed by atoms with Gasteiger partial charge in [-0.25, -0.2) is 4.99 Å². The summed E-state index contributed by atoms with van der Waals surface area (Å²) in [5.74, 6) is 0.583. The molecule has 3 aromatic rings. The van der Waals surface area contributed by atoms with Crippen LogP contribution in [0.2, 0.25) is 5.02 Å². The fourth-order valence-electron chi connectivity index (χ4n) is 2.35. The van der Waals surface area contributed by atoms with Gasteiger partial charge in [0.15, 0.2) is 0 Å². The third kappa shape index (κ3) is 4.74. The minimum absolute atomic E-state index is 0.379. The predicted molar refractivity (Wildman–Crippen MR) is 123 cm³/mol. The summed E-state index contributed by atoms with van der Waals surface area (Å²) in [7, 11) is 1.99. The third-order valence-electron chi connectivity index (χ3n) is 4.30. The Balaban J connectivity index is 1.84. The van der Waals surface area contributed by atoms with Crippen molar-refractivity contribution >= 4 is 51.1 Å². The Bertz CT molecular complexity index is 989. The molecule has 1 heterocycles. The van der Waals surface area contributed by atoms with E-state index in [1.54, 1.807) is 0 Å². The monoisotopic (exact) mass is 477 g/mol. The van der Waals surface area contributed by atoms with Gasteiger partial charge in [-0.15, -0.1) is 0 Å². The summed E-state index contributed by atoms with van der Waals surface area (Å²) < 4.78 is 11.4. The molecule has 0 saturated carbocycles. The van der Waals surface area contributed by atoms with E-state index in [0.29, 0.717) is 21.9 Å². The minimum atomic E-state index is 0.379. The maximum Gasteiger partial charge on any atom is 0.215 e. The molecule has 4 nitrogen and oxygen atoms in total. The number of nitrogens with zero attached hydrogens (tertiary/aromatic N) is 3. The number of rotatable bonds is 6. The fraction of sp³-hybridized carbons (Fsp3) is 0.238. The normalized spacial score (nSPS) is 11.4. The first kappa shape index (κ1) is 20.8. The summed E-state index contributed by atoms with van der Waals surface area (Å²) in [6.45, 7) is 6.21. The van der Waals surface area contributed by atoms with Crippen LogP contribution in [0.1, 0.15) is 19.4 Å². The van der Waals surface area contributed by atoms with Crippen LogP contribution in [0.15, 0.2) is 51.9 Å². The topological polar surface area (TPSA) is 37.7 Å². The molecule has 0 bridgehead atoms. The zero-order valence-corrected chi connectivity index (χ0v) is 19.3. The van der Waals surface area contributed by atoms with Gasteiger partial charge in [-0.2, -0.15) is 4.37 Å². The van der Waals surface area contributed by atoms with Crippen LogP contribution in [-0.2, 0) is 0 Å². The van der Waals surface area contributed by atoms with Gasteiger partial charge < -0.3 is 9.64 Å². The van der Waals surface area contributed by atoms with Crippen LogP contribution in [0.3, 0.4) is 0 Å². The van der Waals surface area contributed by atoms with E-state index in [2.05, 4.69) is 39.1 Å². The molecular weight excluding hydrogens is 458 g/mol. The fourth-order valence-corrected chi connectivity index (χ4v) is 3.96. The Morgan fingerprint density at radius 1 is 1.25 bits per heavy atom. The molecule has 0 aliphatic carbocycles. The number of aromatic nitrogens is 1. The zero-order valence-electron chi connectivity index (χ0n) is 16.1. The van der Waals surface area contributed by atoms with Crippen molar-refractivity contribution in [1.82, 2.24) is 9.27 Å². The molecule has 0 aliphatic heterocycles. The first-order valence-electron chi connectivity index (χ1n) is 8.81. The zero-order chi connectivity index (χ0) is 20.3. The minimum Gasteiger partial charge on any atom is -0.442 e. The molecule has 3 rings (SSSR count). The lowest BCUT2D eigenvalue weighted by Gasteiger charge is -2.17. The van der Waals surface area contributed by atoms with Crippen LogP contribution in [0.4, 0.5) is 5.69 Å². The van der Waals surface area contributed by atoms with Crippen LogP contribution >= 0.6 is 39.1 Å². The smallest absolute Gasteiger partial charge is 0.215 e. The summed E-state index contributed by atoms with van der Waals surface area (Å²) in [5.41, 5.74) is 3.68. The quantitative estimate of drug-likeness (QED) is 0.275. The van der Waals surface area contributed by atoms with Gasteiger partial charge in [0, 0.05) is 30.2 Å². The van der Waals surface area contributed by atoms with Crippen LogP contribution in [-0.4, -0.2) is 28.7 Å². The van der Waals surface area contributed by atoms with E-state index in [4.69, 9.17) is 16.3 Å². The van der Waals surface area contributed by atoms with E-state index in [9.17, 15) is 0 Å². The Morgan fingerprint density at radius 2 is 1.96 bits per heavy atom. The summed E-state index contributed by atoms with van der Waals surface area (Å²) in [6.07, 6.45) is 1.82. The molecule has 28 heavy (non-hydrogen) atoms. The van der Waals surface area contributed by atoms with Crippen molar-refractivity contribution in [2.75, 3.05) is 7.05 Å². The summed E-state index contributed by atoms with van der Waals surface area (Å²) >= 11 is 11.4. The Hall–Kier alpha value is -1.89. The molecule has 1 aromatic heterocycles. The average molecular weight is 479 g/mol. The highest BCUT2D eigenvalue weighted by molar-refractivity contribution is 9.10. The highest BCUT2D eigenvalue weighted by Crippen LogP contribution is 2.43. The van der Waals surface area contributed by atoms with E-state index in [1.807, 2.05) is 67.7 Å². The number of ether oxygens (including phenoxy) is 1. The molecule has 2 aromatic carbocycles. The largest absolute Gasteiger partial charge is 0.442 e. The van der Waals surface area contributed by atoms with Crippen LogP contribution in [0.5, 0.6) is 10.8 Å². The second kappa shape index (κ2) is 9.07. The molecule has 0 unspecified atom stereocenters. The number of halogens is 2. The molecule has 0 saturated heterocycles. The van der Waals surface area contributed by atoms with Crippen LogP contribution < -0.4 is 4.74 Å². The molecule has 0 aliphatic rings. The SMILES string of the molecule is Cc1cc(Oc2snc(-c3ccccc3)c2Br)c(Cl)cc1N=CN(C)C(C)C. The lowest BCUT2D eigenvalue weighted by atomic mass is 10.1. The van der Waals surface area contributed by atoms with E-state index in [1.165, 1.54) is 11.5 Å². The molecule has 7 heteroatoms. The predicted octanol–water partition coefficient (Wildman–Crippen LogP) is 7.33. The lowest BCUT2D eigenvalue weighted by molar-refractivity contribution is 0.429. The van der Waals surface area contributed by atoms with Gasteiger partial charge in [0.2, 0.25) is 5.06 Å². The molecule has 0 radical (unpaired) electrons. The number of aryl methyl sites for hydroxylation is 1. The van der Waals surface area contributed by atoms with E-state index in [0.717, 1.165) is 27.0 Å². The van der Waals surface area contributed by atoms with Gasteiger partial charge >= 0.3 is 0 Å². The average Bonchev–Trinajstić information content (AvgIpc) is 3.04. The number of hydrogen-bond acceptors (Lipinski definition) is 4. The van der Waals surface area contributed by atoms with E-state index >= 15 is 0 Å². The number of benzene rings is 2. The third-order valence-corrected chi connectivity index (χ3v) is 6.32. The van der Waals surface area contributed by atoms with Crippen molar-refractivity contribution in [3.8, 4) is 22.1 Å². The van der Waals surface area contributed by atoms with Crippen LogP contribution in [0.25, 0.3) is 11.3 Å². The van der Waals surface area contributed by atoms with Gasteiger partial charge in [0.05, 0.1) is 21.5 Å². The number of aliphatic imine (C=N–C) groups is 1. The van der Waals surface area contributed by atoms with Crippen molar-refractivity contribution in [2.45, 2.75) is 26.8 Å². The van der Waals surface area contributed by atoms with Gasteiger partial charge in [-0.3, -0.25) is 0 Å². The van der Waals surface area contributed by atoms with E-state index < -0.39 is 0 Å². The highest BCUT2D eigenvalue weighted by atomic mass is 79.9. The Kier molecular flexibility index (Phi) is 6.75. The van der Waals surface area contributed by atoms with Gasteiger partial charge in [-0.1, -0.05) is 41.9 Å². The maximum absolute atomic E-state index is 6.46. The first-order valence-corrected chi connectivity index (χ1v) is 10.8. The molecule has 0 N–H and O–H groups in total. The standard InChI is InChI=1S/C21H21BrClN3OS/c1-13(2)26(4)12-24-17-11-16(23)18(10-14(17)3)27-21-19(22)20(25-28-21)15-8-6-5-7-9-15/h5-13H,1-4H3. The second-order valence-electron chi connectivity index (χ2n) is 6.67. The van der Waals surface area contributed by atoms with Crippen LogP contribution in [0, 0.1) is 6.92 Å². The maximum atomic E-state index is 6.46. The first-order chi connectivity index (χ1) is 13.4. The molecule has 0 amide bonds. The molecule has 0 fully saturated rings. The highest BCUT2D eigenvalue weighted by Gasteiger charge is 2.17. The molecular formula is C21H21BrClN3OS. The van der Waals surface area contributed by atoms with E-state index in [-0.39, 0.29) is 0 Å². The molecule has 0 atom stereocenters. The van der Waals surface area contributed by atoms with Crippen molar-refractivity contribution in [1.29, 1.82) is 0 Å². The van der Waals surface area contributed by atoms with Crippen molar-refractivity contribution < 1.29 is 4.74 Å². The summed E-state index contributed by atoms with van der Waals surface area (Å²) in [4.78, 5) is 6.58. The molecule has 146 valence electrons. The second-order valence-corrected chi connectivity index (χ2v) is 8.61.